The summed E-state index contributed by atoms with van der Waals surface area (Å²) in [5, 5.41) is 14.9. The van der Waals surface area contributed by atoms with Crippen molar-refractivity contribution in [3.05, 3.63) is 42.1 Å². The van der Waals surface area contributed by atoms with E-state index in [9.17, 15) is 9.90 Å². The molecule has 0 radical (unpaired) electrons. The van der Waals surface area contributed by atoms with E-state index in [1.54, 1.807) is 6.08 Å². The summed E-state index contributed by atoms with van der Waals surface area (Å²) in [5.74, 6) is 1.10. The molecule has 0 spiro atoms. The van der Waals surface area contributed by atoms with E-state index in [-0.39, 0.29) is 29.9 Å². The fourth-order valence-corrected chi connectivity index (χ4v) is 4.80. The lowest BCUT2D eigenvalue weighted by Gasteiger charge is -2.26. The number of carbonyl (C=O) groups is 1. The number of aryl methyl sites for hydroxylation is 1. The van der Waals surface area contributed by atoms with Crippen LogP contribution >= 0.6 is 0 Å². The molecular formula is C25H34N4O2. The molecule has 6 nitrogen and oxygen atoms in total. The van der Waals surface area contributed by atoms with E-state index in [0.717, 1.165) is 36.6 Å². The first-order chi connectivity index (χ1) is 14.9. The summed E-state index contributed by atoms with van der Waals surface area (Å²) in [6.45, 7) is 7.31. The lowest BCUT2D eigenvalue weighted by Crippen LogP contribution is -2.35. The SMILES string of the molecule is CC(C)C1C=C(C(N)=Nc2ccc3c(ccn3CCC3CCNCC3)c2)C(O)CC1=O. The van der Waals surface area contributed by atoms with E-state index in [2.05, 4.69) is 33.2 Å². The predicted octanol–water partition coefficient (Wildman–Crippen LogP) is 3.55. The van der Waals surface area contributed by atoms with E-state index in [0.29, 0.717) is 5.57 Å². The highest BCUT2D eigenvalue weighted by Crippen LogP contribution is 2.28. The van der Waals surface area contributed by atoms with Gasteiger partial charge in [0.2, 0.25) is 0 Å². The van der Waals surface area contributed by atoms with Gasteiger partial charge in [-0.15, -0.1) is 0 Å². The van der Waals surface area contributed by atoms with Crippen molar-refractivity contribution in [2.75, 3.05) is 13.1 Å². The Hall–Kier alpha value is -2.44. The van der Waals surface area contributed by atoms with E-state index < -0.39 is 6.10 Å². The number of nitrogens with two attached hydrogens (primary N) is 1. The summed E-state index contributed by atoms with van der Waals surface area (Å²) >= 11 is 0. The molecule has 4 N–H and O–H groups in total. The van der Waals surface area contributed by atoms with E-state index in [1.807, 2.05) is 26.0 Å². The summed E-state index contributed by atoms with van der Waals surface area (Å²) in [6.07, 6.45) is 6.91. The average molecular weight is 423 g/mol. The third kappa shape index (κ3) is 4.91. The molecule has 166 valence electrons. The molecule has 2 aliphatic rings. The van der Waals surface area contributed by atoms with Gasteiger partial charge in [0.25, 0.3) is 0 Å². The second-order valence-electron chi connectivity index (χ2n) is 9.31. The summed E-state index contributed by atoms with van der Waals surface area (Å²) in [5.41, 5.74) is 8.79. The number of hydrogen-bond acceptors (Lipinski definition) is 4. The fraction of sp³-hybridized carbons (Fsp3) is 0.520. The van der Waals surface area contributed by atoms with Crippen LogP contribution in [0.25, 0.3) is 10.9 Å². The third-order valence-corrected chi connectivity index (χ3v) is 6.74. The number of aromatic nitrogens is 1. The zero-order valence-corrected chi connectivity index (χ0v) is 18.6. The molecule has 2 heterocycles. The van der Waals surface area contributed by atoms with Gasteiger partial charge in [0.05, 0.1) is 11.8 Å². The molecule has 31 heavy (non-hydrogen) atoms. The van der Waals surface area contributed by atoms with Gasteiger partial charge in [-0.2, -0.15) is 0 Å². The molecule has 2 aromatic rings. The Kier molecular flexibility index (Phi) is 6.58. The number of benzene rings is 1. The Morgan fingerprint density at radius 3 is 2.81 bits per heavy atom. The fourth-order valence-electron chi connectivity index (χ4n) is 4.80. The second kappa shape index (κ2) is 9.37. The molecule has 2 unspecified atom stereocenters. The Bertz CT molecular complexity index is 998. The molecule has 1 fully saturated rings. The molecule has 0 bridgehead atoms. The van der Waals surface area contributed by atoms with Gasteiger partial charge >= 0.3 is 0 Å². The van der Waals surface area contributed by atoms with Crippen molar-refractivity contribution in [2.45, 2.75) is 52.2 Å². The number of hydrogen-bond donors (Lipinski definition) is 3. The van der Waals surface area contributed by atoms with Crippen molar-refractivity contribution in [1.82, 2.24) is 9.88 Å². The van der Waals surface area contributed by atoms with Gasteiger partial charge in [-0.05, 0) is 68.5 Å². The Balaban J connectivity index is 1.51. The standard InChI is InChI=1S/C25H34N4O2/c1-16(2)20-14-21(24(31)15-23(20)30)25(26)28-19-3-4-22-18(13-19)8-12-29(22)11-7-17-5-9-27-10-6-17/h3-4,8,12-14,16-17,20,24,27,31H,5-7,9-11,15H2,1-2H3,(H2,26,28). The summed E-state index contributed by atoms with van der Waals surface area (Å²) in [7, 11) is 0. The molecule has 1 aromatic heterocycles. The number of fused-ring (bicyclic) bond motifs is 1. The van der Waals surface area contributed by atoms with E-state index in [4.69, 9.17) is 5.73 Å². The Morgan fingerprint density at radius 2 is 2.06 bits per heavy atom. The molecule has 1 saturated heterocycles. The smallest absolute Gasteiger partial charge is 0.142 e. The molecule has 1 aromatic carbocycles. The zero-order chi connectivity index (χ0) is 22.0. The minimum Gasteiger partial charge on any atom is -0.388 e. The zero-order valence-electron chi connectivity index (χ0n) is 18.6. The predicted molar refractivity (Wildman–Crippen MR) is 125 cm³/mol. The minimum absolute atomic E-state index is 0.0614. The lowest BCUT2D eigenvalue weighted by atomic mass is 9.81. The van der Waals surface area contributed by atoms with Gasteiger partial charge < -0.3 is 20.7 Å². The molecule has 0 saturated carbocycles. The summed E-state index contributed by atoms with van der Waals surface area (Å²) in [6, 6.07) is 8.21. The molecule has 0 amide bonds. The van der Waals surface area contributed by atoms with Crippen LogP contribution in [0, 0.1) is 17.8 Å². The van der Waals surface area contributed by atoms with Crippen LogP contribution in [0.3, 0.4) is 0 Å². The number of nitrogens with one attached hydrogen (secondary N) is 1. The molecular weight excluding hydrogens is 388 g/mol. The first-order valence-corrected chi connectivity index (χ1v) is 11.5. The first-order valence-electron chi connectivity index (χ1n) is 11.5. The van der Waals surface area contributed by atoms with Crippen LogP contribution in [0.4, 0.5) is 5.69 Å². The van der Waals surface area contributed by atoms with Gasteiger partial charge in [0, 0.05) is 41.6 Å². The normalized spacial score (nSPS) is 23.5. The highest BCUT2D eigenvalue weighted by molar-refractivity contribution is 6.03. The van der Waals surface area contributed by atoms with Crippen LogP contribution in [0.5, 0.6) is 0 Å². The number of carbonyl (C=O) groups excluding carboxylic acids is 1. The lowest BCUT2D eigenvalue weighted by molar-refractivity contribution is -0.124. The maximum Gasteiger partial charge on any atom is 0.142 e. The van der Waals surface area contributed by atoms with Crippen LogP contribution in [0.1, 0.15) is 39.5 Å². The third-order valence-electron chi connectivity index (χ3n) is 6.74. The van der Waals surface area contributed by atoms with Gasteiger partial charge in [-0.25, -0.2) is 4.99 Å². The number of ketones is 1. The van der Waals surface area contributed by atoms with Crippen molar-refractivity contribution in [3.8, 4) is 0 Å². The van der Waals surface area contributed by atoms with Crippen molar-refractivity contribution >= 4 is 28.2 Å². The first kappa shape index (κ1) is 21.8. The number of aliphatic hydroxyl groups is 1. The number of amidine groups is 1. The van der Waals surface area contributed by atoms with Gasteiger partial charge in [-0.3, -0.25) is 4.79 Å². The van der Waals surface area contributed by atoms with E-state index >= 15 is 0 Å². The van der Waals surface area contributed by atoms with Crippen molar-refractivity contribution < 1.29 is 9.90 Å². The second-order valence-corrected chi connectivity index (χ2v) is 9.31. The largest absolute Gasteiger partial charge is 0.388 e. The highest BCUT2D eigenvalue weighted by Gasteiger charge is 2.31. The quantitative estimate of drug-likeness (QED) is 0.490. The van der Waals surface area contributed by atoms with Crippen LogP contribution in [-0.4, -0.2) is 40.5 Å². The minimum atomic E-state index is -0.883. The Labute approximate surface area is 184 Å². The molecule has 1 aliphatic heterocycles. The number of aliphatic imine (C=N–C) groups is 1. The maximum atomic E-state index is 12.2. The maximum absolute atomic E-state index is 12.2. The van der Waals surface area contributed by atoms with Crippen molar-refractivity contribution in [1.29, 1.82) is 0 Å². The van der Waals surface area contributed by atoms with Gasteiger partial charge in [-0.1, -0.05) is 19.9 Å². The van der Waals surface area contributed by atoms with Crippen LogP contribution < -0.4 is 11.1 Å². The highest BCUT2D eigenvalue weighted by atomic mass is 16.3. The number of aliphatic hydroxyl groups excluding tert-OH is 1. The summed E-state index contributed by atoms with van der Waals surface area (Å²) in [4.78, 5) is 16.8. The molecule has 1 aliphatic carbocycles. The molecule has 2 atom stereocenters. The van der Waals surface area contributed by atoms with Crippen molar-refractivity contribution in [2.24, 2.45) is 28.5 Å². The van der Waals surface area contributed by atoms with E-state index in [1.165, 1.54) is 24.8 Å². The summed E-state index contributed by atoms with van der Waals surface area (Å²) < 4.78 is 2.32. The average Bonchev–Trinajstić information content (AvgIpc) is 3.15. The number of piperidine rings is 1. The Morgan fingerprint density at radius 1 is 1.29 bits per heavy atom. The number of allylic oxidation sites excluding steroid dienone is 1. The van der Waals surface area contributed by atoms with Gasteiger partial charge in [0.15, 0.2) is 0 Å². The van der Waals surface area contributed by atoms with Crippen LogP contribution in [0.15, 0.2) is 47.1 Å². The molecule has 4 rings (SSSR count). The number of rotatable bonds is 6. The topological polar surface area (TPSA) is 92.6 Å². The molecule has 6 heteroatoms. The van der Waals surface area contributed by atoms with Crippen LogP contribution in [0.2, 0.25) is 0 Å². The monoisotopic (exact) mass is 422 g/mol. The number of Topliss-reactive ketones (excluding diaryl/α,β-unsaturated/α-hetero) is 1. The number of nitrogens with zero attached hydrogens (tertiary/aromatic N) is 2. The van der Waals surface area contributed by atoms with Crippen molar-refractivity contribution in [3.63, 3.8) is 0 Å². The van der Waals surface area contributed by atoms with Gasteiger partial charge in [0.1, 0.15) is 11.6 Å². The van der Waals surface area contributed by atoms with Crippen LogP contribution in [-0.2, 0) is 11.3 Å².